The van der Waals surface area contributed by atoms with Crippen molar-refractivity contribution < 1.29 is 0 Å². The summed E-state index contributed by atoms with van der Waals surface area (Å²) in [6.45, 7) is 9.69. The van der Waals surface area contributed by atoms with E-state index in [0.717, 1.165) is 23.7 Å². The molecule has 18 heavy (non-hydrogen) atoms. The maximum absolute atomic E-state index is 2.47. The first-order valence-electron chi connectivity index (χ1n) is 8.63. The molecular weight excluding hydrogens is 216 g/mol. The number of rotatable bonds is 10. The van der Waals surface area contributed by atoms with Crippen molar-refractivity contribution in [3.63, 3.8) is 0 Å². The SMILES string of the molecule is CCCC(C)C(C)CC(C)CCCCC1CCC1. The van der Waals surface area contributed by atoms with Crippen molar-refractivity contribution in [2.24, 2.45) is 23.7 Å². The summed E-state index contributed by atoms with van der Waals surface area (Å²) in [4.78, 5) is 0. The van der Waals surface area contributed by atoms with Crippen LogP contribution in [-0.4, -0.2) is 0 Å². The second-order valence-corrected chi connectivity index (χ2v) is 7.17. The van der Waals surface area contributed by atoms with E-state index >= 15 is 0 Å². The summed E-state index contributed by atoms with van der Waals surface area (Å²) in [7, 11) is 0. The highest BCUT2D eigenvalue weighted by Crippen LogP contribution is 2.32. The lowest BCUT2D eigenvalue weighted by Crippen LogP contribution is -2.12. The molecule has 0 aromatic rings. The predicted octanol–water partition coefficient (Wildman–Crippen LogP) is 6.45. The Morgan fingerprint density at radius 2 is 1.67 bits per heavy atom. The fourth-order valence-corrected chi connectivity index (χ4v) is 3.43. The molecule has 0 heterocycles. The lowest BCUT2D eigenvalue weighted by Gasteiger charge is -2.26. The van der Waals surface area contributed by atoms with Crippen LogP contribution in [0.15, 0.2) is 0 Å². The van der Waals surface area contributed by atoms with Gasteiger partial charge in [-0.25, -0.2) is 0 Å². The van der Waals surface area contributed by atoms with Gasteiger partial charge in [0.2, 0.25) is 0 Å². The van der Waals surface area contributed by atoms with Gasteiger partial charge in [-0.05, 0) is 30.1 Å². The molecule has 0 spiro atoms. The monoisotopic (exact) mass is 252 g/mol. The van der Waals surface area contributed by atoms with Gasteiger partial charge >= 0.3 is 0 Å². The molecule has 0 saturated heterocycles. The minimum absolute atomic E-state index is 0.923. The molecule has 0 bridgehead atoms. The molecule has 0 nitrogen and oxygen atoms in total. The second kappa shape index (κ2) is 8.99. The normalized spacial score (nSPS) is 21.3. The minimum atomic E-state index is 0.923. The number of hydrogen-bond donors (Lipinski definition) is 0. The second-order valence-electron chi connectivity index (χ2n) is 7.17. The van der Waals surface area contributed by atoms with Gasteiger partial charge in [-0.3, -0.25) is 0 Å². The maximum atomic E-state index is 2.47. The Bertz CT molecular complexity index is 192. The smallest absolute Gasteiger partial charge is 0.0414 e. The molecule has 0 aromatic heterocycles. The van der Waals surface area contributed by atoms with Gasteiger partial charge in [0.1, 0.15) is 0 Å². The molecular formula is C18H36. The molecule has 0 aliphatic heterocycles. The largest absolute Gasteiger partial charge is 0.0654 e. The maximum Gasteiger partial charge on any atom is -0.0414 e. The van der Waals surface area contributed by atoms with Crippen LogP contribution in [0.2, 0.25) is 0 Å². The number of unbranched alkanes of at least 4 members (excludes halogenated alkanes) is 1. The minimum Gasteiger partial charge on any atom is -0.0654 e. The zero-order chi connectivity index (χ0) is 13.4. The predicted molar refractivity (Wildman–Crippen MR) is 82.8 cm³/mol. The average Bonchev–Trinajstić information content (AvgIpc) is 2.26. The summed E-state index contributed by atoms with van der Waals surface area (Å²) in [5.74, 6) is 3.91. The van der Waals surface area contributed by atoms with E-state index in [4.69, 9.17) is 0 Å². The number of hydrogen-bond acceptors (Lipinski definition) is 0. The van der Waals surface area contributed by atoms with Gasteiger partial charge in [-0.1, -0.05) is 85.5 Å². The highest BCUT2D eigenvalue weighted by molar-refractivity contribution is 4.70. The molecule has 0 heteroatoms. The third kappa shape index (κ3) is 6.25. The van der Waals surface area contributed by atoms with E-state index in [9.17, 15) is 0 Å². The van der Waals surface area contributed by atoms with E-state index in [2.05, 4.69) is 27.7 Å². The van der Waals surface area contributed by atoms with Crippen LogP contribution >= 0.6 is 0 Å². The van der Waals surface area contributed by atoms with Gasteiger partial charge in [0.15, 0.2) is 0 Å². The summed E-state index contributed by atoms with van der Waals surface area (Å²) in [6.07, 6.45) is 14.7. The van der Waals surface area contributed by atoms with Gasteiger partial charge in [-0.2, -0.15) is 0 Å². The Labute approximate surface area is 116 Å². The average molecular weight is 252 g/mol. The summed E-state index contributed by atoms with van der Waals surface area (Å²) in [5, 5.41) is 0. The first-order chi connectivity index (χ1) is 8.63. The Morgan fingerprint density at radius 3 is 2.22 bits per heavy atom. The summed E-state index contributed by atoms with van der Waals surface area (Å²) < 4.78 is 0. The quantitative estimate of drug-likeness (QED) is 0.392. The molecule has 3 unspecified atom stereocenters. The molecule has 1 aliphatic rings. The molecule has 1 fully saturated rings. The Hall–Kier alpha value is 0. The molecule has 1 aliphatic carbocycles. The summed E-state index contributed by atoms with van der Waals surface area (Å²) in [6, 6.07) is 0. The first-order valence-corrected chi connectivity index (χ1v) is 8.63. The Balaban J connectivity index is 1.99. The van der Waals surface area contributed by atoms with Gasteiger partial charge in [0.05, 0.1) is 0 Å². The first kappa shape index (κ1) is 16.1. The van der Waals surface area contributed by atoms with Crippen molar-refractivity contribution in [2.75, 3.05) is 0 Å². The van der Waals surface area contributed by atoms with Crippen molar-refractivity contribution in [1.29, 1.82) is 0 Å². The van der Waals surface area contributed by atoms with Crippen LogP contribution in [0.25, 0.3) is 0 Å². The summed E-state index contributed by atoms with van der Waals surface area (Å²) >= 11 is 0. The molecule has 0 aromatic carbocycles. The zero-order valence-electron chi connectivity index (χ0n) is 13.4. The molecule has 0 radical (unpaired) electrons. The van der Waals surface area contributed by atoms with Crippen LogP contribution in [0.3, 0.4) is 0 Å². The Kier molecular flexibility index (Phi) is 8.02. The van der Waals surface area contributed by atoms with Crippen LogP contribution in [0.1, 0.15) is 91.9 Å². The fourth-order valence-electron chi connectivity index (χ4n) is 3.43. The topological polar surface area (TPSA) is 0 Å². The Morgan fingerprint density at radius 1 is 0.944 bits per heavy atom. The standard InChI is InChI=1S/C18H36/c1-5-9-16(3)17(4)14-15(2)10-6-7-11-18-12-8-13-18/h15-18H,5-14H2,1-4H3. The highest BCUT2D eigenvalue weighted by Gasteiger charge is 2.17. The molecule has 1 rings (SSSR count). The highest BCUT2D eigenvalue weighted by atomic mass is 14.2. The lowest BCUT2D eigenvalue weighted by atomic mass is 9.80. The van der Waals surface area contributed by atoms with Gasteiger partial charge in [0, 0.05) is 0 Å². The van der Waals surface area contributed by atoms with E-state index in [1.807, 2.05) is 0 Å². The molecule has 0 amide bonds. The molecule has 108 valence electrons. The van der Waals surface area contributed by atoms with Gasteiger partial charge in [-0.15, -0.1) is 0 Å². The van der Waals surface area contributed by atoms with E-state index in [-0.39, 0.29) is 0 Å². The van der Waals surface area contributed by atoms with Crippen molar-refractivity contribution in [2.45, 2.75) is 91.9 Å². The van der Waals surface area contributed by atoms with Crippen molar-refractivity contribution in [3.05, 3.63) is 0 Å². The third-order valence-corrected chi connectivity index (χ3v) is 5.27. The fraction of sp³-hybridized carbons (Fsp3) is 1.00. The van der Waals surface area contributed by atoms with Crippen molar-refractivity contribution >= 4 is 0 Å². The summed E-state index contributed by atoms with van der Waals surface area (Å²) in [5.41, 5.74) is 0. The lowest BCUT2D eigenvalue weighted by molar-refractivity contribution is 0.269. The van der Waals surface area contributed by atoms with E-state index in [1.54, 1.807) is 0 Å². The van der Waals surface area contributed by atoms with Gasteiger partial charge in [0.25, 0.3) is 0 Å². The van der Waals surface area contributed by atoms with Crippen molar-refractivity contribution in [3.8, 4) is 0 Å². The van der Waals surface area contributed by atoms with Crippen LogP contribution < -0.4 is 0 Å². The van der Waals surface area contributed by atoms with Crippen molar-refractivity contribution in [1.82, 2.24) is 0 Å². The van der Waals surface area contributed by atoms with Gasteiger partial charge < -0.3 is 0 Å². The van der Waals surface area contributed by atoms with E-state index in [1.165, 1.54) is 64.2 Å². The van der Waals surface area contributed by atoms with E-state index in [0.29, 0.717) is 0 Å². The van der Waals surface area contributed by atoms with Crippen LogP contribution in [-0.2, 0) is 0 Å². The molecule has 1 saturated carbocycles. The van der Waals surface area contributed by atoms with E-state index < -0.39 is 0 Å². The van der Waals surface area contributed by atoms with Crippen LogP contribution in [0.5, 0.6) is 0 Å². The molecule has 0 N–H and O–H groups in total. The third-order valence-electron chi connectivity index (χ3n) is 5.27. The van der Waals surface area contributed by atoms with Crippen LogP contribution in [0.4, 0.5) is 0 Å². The molecule has 3 atom stereocenters. The zero-order valence-corrected chi connectivity index (χ0v) is 13.4. The van der Waals surface area contributed by atoms with Crippen LogP contribution in [0, 0.1) is 23.7 Å².